The number of hydrogen-bond donors (Lipinski definition) is 0. The fourth-order valence-electron chi connectivity index (χ4n) is 6.20. The normalized spacial score (nSPS) is 13.6. The third kappa shape index (κ3) is 8.54. The maximum absolute atomic E-state index is 13.7. The number of esters is 1. The molecule has 1 aliphatic rings. The van der Waals surface area contributed by atoms with Crippen LogP contribution in [0.4, 0.5) is 0 Å². The number of carbonyl (C=O) groups is 2. The largest absolute Gasteiger partial charge is 0.488 e. The van der Waals surface area contributed by atoms with E-state index < -0.39 is 0 Å². The number of hydrogen-bond acceptors (Lipinski definition) is 4. The van der Waals surface area contributed by atoms with Crippen LogP contribution in [0.25, 0.3) is 5.57 Å². The van der Waals surface area contributed by atoms with Crippen LogP contribution in [0.2, 0.25) is 0 Å². The number of benzene rings is 4. The van der Waals surface area contributed by atoms with Crippen LogP contribution in [0, 0.1) is 6.92 Å². The first-order valence-electron chi connectivity index (χ1n) is 16.3. The van der Waals surface area contributed by atoms with Crippen molar-refractivity contribution in [2.45, 2.75) is 77.5 Å². The van der Waals surface area contributed by atoms with Gasteiger partial charge in [0.1, 0.15) is 18.5 Å². The quantitative estimate of drug-likeness (QED) is 0.141. The van der Waals surface area contributed by atoms with Gasteiger partial charge in [-0.1, -0.05) is 91.5 Å². The molecule has 1 saturated carbocycles. The minimum Gasteiger partial charge on any atom is -0.488 e. The highest BCUT2D eigenvalue weighted by atomic mass is 16.5. The summed E-state index contributed by atoms with van der Waals surface area (Å²) in [4.78, 5) is 28.7. The minimum atomic E-state index is -0.306. The lowest BCUT2D eigenvalue weighted by Gasteiger charge is -2.21. The number of aryl methyl sites for hydroxylation is 2. The molecule has 4 aromatic rings. The van der Waals surface area contributed by atoms with E-state index in [0.717, 1.165) is 76.8 Å². The average molecular weight is 616 g/mol. The van der Waals surface area contributed by atoms with Crippen molar-refractivity contribution in [1.82, 2.24) is 4.90 Å². The fourth-order valence-corrected chi connectivity index (χ4v) is 6.20. The fraction of sp³-hybridized carbons (Fsp3) is 0.317. The Hall–Kier alpha value is -4.64. The van der Waals surface area contributed by atoms with E-state index in [9.17, 15) is 9.59 Å². The Morgan fingerprint density at radius 3 is 2.20 bits per heavy atom. The molecule has 1 amide bonds. The van der Waals surface area contributed by atoms with Gasteiger partial charge >= 0.3 is 5.97 Å². The molecule has 0 heterocycles. The highest BCUT2D eigenvalue weighted by molar-refractivity contribution is 5.97. The molecule has 5 heteroatoms. The molecule has 0 radical (unpaired) electrons. The van der Waals surface area contributed by atoms with E-state index in [1.54, 1.807) is 4.90 Å². The minimum absolute atomic E-state index is 0.0447. The lowest BCUT2D eigenvalue weighted by Crippen LogP contribution is -2.27. The molecule has 5 nitrogen and oxygen atoms in total. The summed E-state index contributed by atoms with van der Waals surface area (Å²) in [5.74, 6) is 0.237. The molecule has 1 fully saturated rings. The first-order valence-corrected chi connectivity index (χ1v) is 16.3. The lowest BCUT2D eigenvalue weighted by atomic mass is 9.92. The van der Waals surface area contributed by atoms with Crippen LogP contribution in [0.15, 0.2) is 104 Å². The van der Waals surface area contributed by atoms with Crippen LogP contribution >= 0.6 is 0 Å². The third-order valence-corrected chi connectivity index (χ3v) is 8.80. The molecule has 0 aromatic heterocycles. The number of rotatable bonds is 13. The molecule has 0 bridgehead atoms. The van der Waals surface area contributed by atoms with Gasteiger partial charge in [-0.05, 0) is 97.9 Å². The number of allylic oxidation sites excluding steroid dienone is 1. The van der Waals surface area contributed by atoms with Crippen LogP contribution in [-0.2, 0) is 29.1 Å². The van der Waals surface area contributed by atoms with Crippen molar-refractivity contribution in [1.29, 1.82) is 0 Å². The van der Waals surface area contributed by atoms with Crippen molar-refractivity contribution >= 4 is 17.4 Å². The van der Waals surface area contributed by atoms with Gasteiger partial charge < -0.3 is 14.4 Å². The Morgan fingerprint density at radius 1 is 0.848 bits per heavy atom. The van der Waals surface area contributed by atoms with E-state index in [1.807, 2.05) is 106 Å². The number of nitrogens with zero attached hydrogens (tertiary/aromatic N) is 1. The number of carbonyl (C=O) groups excluding carboxylic acids is 2. The Bertz CT molecular complexity index is 1640. The summed E-state index contributed by atoms with van der Waals surface area (Å²) in [5.41, 5.74) is 7.41. The van der Waals surface area contributed by atoms with E-state index in [-0.39, 0.29) is 23.9 Å². The zero-order valence-electron chi connectivity index (χ0n) is 27.3. The standard InChI is InChI=1S/C41H45NO4/c1-29(2)37-26-38(30(3)24-39(37)45-28-32-14-7-5-8-15-32)40(43)42(4)27-33-17-13-16-31(25-33)22-23-36(34-18-9-6-10-19-34)41(44)46-35-20-11-12-21-35/h5-10,13-19,24-26,35-36H,1,11-12,20-23,27-28H2,2-4H3/t36-/m0/s1. The average Bonchev–Trinajstić information content (AvgIpc) is 3.57. The monoisotopic (exact) mass is 615 g/mol. The predicted octanol–water partition coefficient (Wildman–Crippen LogP) is 9.08. The molecule has 0 unspecified atom stereocenters. The van der Waals surface area contributed by atoms with Crippen LogP contribution in [0.5, 0.6) is 5.75 Å². The van der Waals surface area contributed by atoms with Gasteiger partial charge in [0.15, 0.2) is 0 Å². The summed E-state index contributed by atoms with van der Waals surface area (Å²) in [6.07, 6.45) is 5.61. The van der Waals surface area contributed by atoms with E-state index in [2.05, 4.69) is 18.7 Å². The van der Waals surface area contributed by atoms with Gasteiger partial charge in [-0.3, -0.25) is 9.59 Å². The van der Waals surface area contributed by atoms with Crippen molar-refractivity contribution in [3.8, 4) is 5.75 Å². The molecule has 5 rings (SSSR count). The summed E-state index contributed by atoms with van der Waals surface area (Å²) >= 11 is 0. The van der Waals surface area contributed by atoms with E-state index >= 15 is 0 Å². The summed E-state index contributed by atoms with van der Waals surface area (Å²) in [5, 5.41) is 0. The molecule has 1 atom stereocenters. The lowest BCUT2D eigenvalue weighted by molar-refractivity contribution is -0.150. The molecule has 0 saturated heterocycles. The summed E-state index contributed by atoms with van der Waals surface area (Å²) in [6.45, 7) is 8.93. The van der Waals surface area contributed by atoms with Crippen LogP contribution < -0.4 is 4.74 Å². The van der Waals surface area contributed by atoms with Crippen molar-refractivity contribution in [2.75, 3.05) is 7.05 Å². The van der Waals surface area contributed by atoms with Crippen molar-refractivity contribution in [3.05, 3.63) is 143 Å². The van der Waals surface area contributed by atoms with Gasteiger partial charge in [0.05, 0.1) is 5.92 Å². The van der Waals surface area contributed by atoms with Crippen LogP contribution in [0.1, 0.15) is 88.7 Å². The van der Waals surface area contributed by atoms with Crippen molar-refractivity contribution in [3.63, 3.8) is 0 Å². The highest BCUT2D eigenvalue weighted by Crippen LogP contribution is 2.31. The van der Waals surface area contributed by atoms with E-state index in [4.69, 9.17) is 9.47 Å². The topological polar surface area (TPSA) is 55.8 Å². The maximum Gasteiger partial charge on any atom is 0.313 e. The second-order valence-corrected chi connectivity index (χ2v) is 12.5. The number of ether oxygens (including phenoxy) is 2. The molecule has 0 N–H and O–H groups in total. The van der Waals surface area contributed by atoms with E-state index in [0.29, 0.717) is 25.1 Å². The van der Waals surface area contributed by atoms with Crippen LogP contribution in [0.3, 0.4) is 0 Å². The Morgan fingerprint density at radius 2 is 1.50 bits per heavy atom. The SMILES string of the molecule is C=C(C)c1cc(C(=O)N(C)Cc2cccc(CC[C@H](C(=O)OC3CCCC3)c3ccccc3)c2)c(C)cc1OCc1ccccc1. The molecule has 0 aliphatic heterocycles. The summed E-state index contributed by atoms with van der Waals surface area (Å²) < 4.78 is 12.1. The highest BCUT2D eigenvalue weighted by Gasteiger charge is 2.27. The zero-order chi connectivity index (χ0) is 32.5. The molecule has 1 aliphatic carbocycles. The van der Waals surface area contributed by atoms with Crippen molar-refractivity contribution in [2.24, 2.45) is 0 Å². The summed E-state index contributed by atoms with van der Waals surface area (Å²) in [6, 6.07) is 32.1. The Kier molecular flexibility index (Phi) is 11.1. The third-order valence-electron chi connectivity index (χ3n) is 8.80. The van der Waals surface area contributed by atoms with Gasteiger partial charge in [-0.15, -0.1) is 0 Å². The van der Waals surface area contributed by atoms with Gasteiger partial charge in [-0.2, -0.15) is 0 Å². The summed E-state index contributed by atoms with van der Waals surface area (Å²) in [7, 11) is 1.83. The zero-order valence-corrected chi connectivity index (χ0v) is 27.3. The first kappa shape index (κ1) is 32.7. The molecule has 4 aromatic carbocycles. The molecule has 238 valence electrons. The Labute approximate surface area is 273 Å². The van der Waals surface area contributed by atoms with Gasteiger partial charge in [0.2, 0.25) is 0 Å². The maximum atomic E-state index is 13.7. The van der Waals surface area contributed by atoms with Gasteiger partial charge in [0.25, 0.3) is 5.91 Å². The van der Waals surface area contributed by atoms with Crippen molar-refractivity contribution < 1.29 is 19.1 Å². The van der Waals surface area contributed by atoms with Gasteiger partial charge in [0, 0.05) is 24.7 Å². The second-order valence-electron chi connectivity index (χ2n) is 12.5. The second kappa shape index (κ2) is 15.6. The molecular weight excluding hydrogens is 570 g/mol. The van der Waals surface area contributed by atoms with E-state index in [1.165, 1.54) is 0 Å². The number of amides is 1. The first-order chi connectivity index (χ1) is 22.3. The molecule has 46 heavy (non-hydrogen) atoms. The van der Waals surface area contributed by atoms with Gasteiger partial charge in [-0.25, -0.2) is 0 Å². The molecular formula is C41H45NO4. The predicted molar refractivity (Wildman–Crippen MR) is 185 cm³/mol. The Balaban J connectivity index is 1.25. The van der Waals surface area contributed by atoms with Crippen LogP contribution in [-0.4, -0.2) is 29.9 Å². The smallest absolute Gasteiger partial charge is 0.313 e. The molecule has 0 spiro atoms.